The molecule has 0 aromatic rings. The number of carbonyl (C=O) groups is 1. The van der Waals surface area contributed by atoms with E-state index in [9.17, 15) is 9.90 Å². The standard InChI is InChI=1S/C13H24N2O3/c1-14-5-3-11(4-6-14)7-15(2)8-13(12(16)17)9-18-10-13/h11H,3-10H2,1-2H3,(H,16,17). The van der Waals surface area contributed by atoms with Crippen LogP contribution in [-0.2, 0) is 9.53 Å². The average molecular weight is 256 g/mol. The number of carboxylic acid groups (broad SMARTS) is 1. The Morgan fingerprint density at radius 1 is 1.44 bits per heavy atom. The Labute approximate surface area is 109 Å². The molecule has 2 saturated heterocycles. The highest BCUT2D eigenvalue weighted by atomic mass is 16.5. The van der Waals surface area contributed by atoms with Gasteiger partial charge in [-0.25, -0.2) is 0 Å². The molecule has 0 aromatic carbocycles. The summed E-state index contributed by atoms with van der Waals surface area (Å²) in [7, 11) is 4.19. The Hall–Kier alpha value is -0.650. The number of aliphatic carboxylic acids is 1. The van der Waals surface area contributed by atoms with Crippen LogP contribution in [0.2, 0.25) is 0 Å². The van der Waals surface area contributed by atoms with E-state index in [0.717, 1.165) is 19.6 Å². The highest BCUT2D eigenvalue weighted by Gasteiger charge is 2.47. The number of ether oxygens (including phenoxy) is 1. The van der Waals surface area contributed by atoms with E-state index in [-0.39, 0.29) is 0 Å². The fourth-order valence-corrected chi connectivity index (χ4v) is 2.90. The molecule has 1 N–H and O–H groups in total. The van der Waals surface area contributed by atoms with Gasteiger partial charge in [-0.05, 0) is 45.9 Å². The molecule has 0 saturated carbocycles. The van der Waals surface area contributed by atoms with Gasteiger partial charge in [0.05, 0.1) is 13.2 Å². The summed E-state index contributed by atoms with van der Waals surface area (Å²) in [5, 5.41) is 9.26. The maximum atomic E-state index is 11.3. The zero-order chi connectivity index (χ0) is 13.2. The van der Waals surface area contributed by atoms with E-state index in [1.54, 1.807) is 0 Å². The third-order valence-electron chi connectivity index (χ3n) is 4.19. The molecule has 0 atom stereocenters. The molecule has 5 heteroatoms. The lowest BCUT2D eigenvalue weighted by molar-refractivity contribution is -0.183. The van der Waals surface area contributed by atoms with Crippen LogP contribution in [0.5, 0.6) is 0 Å². The Bertz CT molecular complexity index is 297. The van der Waals surface area contributed by atoms with Gasteiger partial charge in [-0.15, -0.1) is 0 Å². The second-order valence-corrected chi connectivity index (χ2v) is 6.02. The molecule has 0 aliphatic carbocycles. The average Bonchev–Trinajstić information content (AvgIpc) is 2.26. The van der Waals surface area contributed by atoms with E-state index in [4.69, 9.17) is 4.74 Å². The summed E-state index contributed by atoms with van der Waals surface area (Å²) in [4.78, 5) is 15.8. The second-order valence-electron chi connectivity index (χ2n) is 6.02. The predicted octanol–water partition coefficient (Wildman–Crippen LogP) is 0.361. The van der Waals surface area contributed by atoms with Gasteiger partial charge in [0.15, 0.2) is 0 Å². The Morgan fingerprint density at radius 2 is 2.06 bits per heavy atom. The summed E-state index contributed by atoms with van der Waals surface area (Å²) in [5.41, 5.74) is -0.653. The fraction of sp³-hybridized carbons (Fsp3) is 0.923. The van der Waals surface area contributed by atoms with E-state index in [1.165, 1.54) is 12.8 Å². The van der Waals surface area contributed by atoms with Gasteiger partial charge < -0.3 is 19.6 Å². The maximum Gasteiger partial charge on any atom is 0.315 e. The molecule has 0 spiro atoms. The first-order valence-corrected chi connectivity index (χ1v) is 6.70. The molecule has 2 aliphatic heterocycles. The van der Waals surface area contributed by atoms with Crippen molar-refractivity contribution in [3.63, 3.8) is 0 Å². The van der Waals surface area contributed by atoms with Crippen molar-refractivity contribution < 1.29 is 14.6 Å². The molecule has 104 valence electrons. The van der Waals surface area contributed by atoms with Gasteiger partial charge in [0.25, 0.3) is 0 Å². The fourth-order valence-electron chi connectivity index (χ4n) is 2.90. The summed E-state index contributed by atoms with van der Waals surface area (Å²) in [6.45, 7) is 4.65. The predicted molar refractivity (Wildman–Crippen MR) is 68.6 cm³/mol. The van der Waals surface area contributed by atoms with Gasteiger partial charge in [-0.2, -0.15) is 0 Å². The Morgan fingerprint density at radius 3 is 2.50 bits per heavy atom. The van der Waals surface area contributed by atoms with E-state index >= 15 is 0 Å². The third-order valence-corrected chi connectivity index (χ3v) is 4.19. The normalized spacial score (nSPS) is 25.1. The van der Waals surface area contributed by atoms with Crippen molar-refractivity contribution in [2.24, 2.45) is 11.3 Å². The van der Waals surface area contributed by atoms with Crippen LogP contribution in [0.4, 0.5) is 0 Å². The van der Waals surface area contributed by atoms with Gasteiger partial charge in [-0.3, -0.25) is 4.79 Å². The molecule has 0 unspecified atom stereocenters. The Balaban J connectivity index is 1.78. The van der Waals surface area contributed by atoms with Crippen molar-refractivity contribution in [1.82, 2.24) is 9.80 Å². The first-order valence-electron chi connectivity index (χ1n) is 6.70. The van der Waals surface area contributed by atoms with Crippen molar-refractivity contribution in [3.05, 3.63) is 0 Å². The van der Waals surface area contributed by atoms with Crippen LogP contribution in [0.15, 0.2) is 0 Å². The van der Waals surface area contributed by atoms with Crippen LogP contribution >= 0.6 is 0 Å². The molecule has 2 rings (SSSR count). The van der Waals surface area contributed by atoms with E-state index < -0.39 is 11.4 Å². The van der Waals surface area contributed by atoms with E-state index in [1.807, 2.05) is 7.05 Å². The van der Waals surface area contributed by atoms with Gasteiger partial charge in [-0.1, -0.05) is 0 Å². The largest absolute Gasteiger partial charge is 0.481 e. The highest BCUT2D eigenvalue weighted by molar-refractivity contribution is 5.76. The number of hydrogen-bond acceptors (Lipinski definition) is 4. The lowest BCUT2D eigenvalue weighted by Crippen LogP contribution is -2.56. The second kappa shape index (κ2) is 5.55. The molecule has 0 aromatic heterocycles. The number of hydrogen-bond donors (Lipinski definition) is 1. The minimum absolute atomic E-state index is 0.361. The topological polar surface area (TPSA) is 53.0 Å². The number of nitrogens with zero attached hydrogens (tertiary/aromatic N) is 2. The van der Waals surface area contributed by atoms with Crippen molar-refractivity contribution in [3.8, 4) is 0 Å². The van der Waals surface area contributed by atoms with Crippen LogP contribution < -0.4 is 0 Å². The lowest BCUT2D eigenvalue weighted by atomic mass is 9.85. The van der Waals surface area contributed by atoms with E-state index in [0.29, 0.717) is 25.7 Å². The molecule has 0 radical (unpaired) electrons. The number of likely N-dealkylation sites (tertiary alicyclic amines) is 1. The summed E-state index contributed by atoms with van der Waals surface area (Å²) >= 11 is 0. The quantitative estimate of drug-likeness (QED) is 0.770. The first kappa shape index (κ1) is 13.8. The summed E-state index contributed by atoms with van der Waals surface area (Å²) < 4.78 is 5.09. The lowest BCUT2D eigenvalue weighted by Gasteiger charge is -2.41. The van der Waals surface area contributed by atoms with Crippen LogP contribution in [0.25, 0.3) is 0 Å². The molecule has 0 bridgehead atoms. The summed E-state index contributed by atoms with van der Waals surface area (Å²) in [6, 6.07) is 0. The zero-order valence-corrected chi connectivity index (χ0v) is 11.4. The van der Waals surface area contributed by atoms with Gasteiger partial charge in [0, 0.05) is 13.1 Å². The molecular formula is C13H24N2O3. The van der Waals surface area contributed by atoms with Crippen LogP contribution in [0, 0.1) is 11.3 Å². The van der Waals surface area contributed by atoms with Gasteiger partial charge >= 0.3 is 5.97 Å². The SMILES string of the molecule is CN1CCC(CN(C)CC2(C(=O)O)COC2)CC1. The minimum Gasteiger partial charge on any atom is -0.481 e. The first-order chi connectivity index (χ1) is 8.52. The molecule has 0 amide bonds. The molecule has 18 heavy (non-hydrogen) atoms. The van der Waals surface area contributed by atoms with Crippen molar-refractivity contribution in [2.75, 3.05) is 53.5 Å². The van der Waals surface area contributed by atoms with Crippen LogP contribution in [0.1, 0.15) is 12.8 Å². The summed E-state index contributed by atoms with van der Waals surface area (Å²) in [6.07, 6.45) is 2.44. The number of carboxylic acids is 1. The molecular weight excluding hydrogens is 232 g/mol. The number of rotatable bonds is 5. The third kappa shape index (κ3) is 3.02. The van der Waals surface area contributed by atoms with Crippen molar-refractivity contribution in [1.29, 1.82) is 0 Å². The molecule has 5 nitrogen and oxygen atoms in total. The van der Waals surface area contributed by atoms with Gasteiger partial charge in [0.2, 0.25) is 0 Å². The Kier molecular flexibility index (Phi) is 4.25. The molecule has 2 aliphatic rings. The molecule has 2 fully saturated rings. The highest BCUT2D eigenvalue weighted by Crippen LogP contribution is 2.29. The van der Waals surface area contributed by atoms with Gasteiger partial charge in [0.1, 0.15) is 5.41 Å². The van der Waals surface area contributed by atoms with Crippen molar-refractivity contribution >= 4 is 5.97 Å². The van der Waals surface area contributed by atoms with Crippen LogP contribution in [-0.4, -0.2) is 74.4 Å². The zero-order valence-electron chi connectivity index (χ0n) is 11.4. The molecule has 2 heterocycles. The smallest absolute Gasteiger partial charge is 0.315 e. The van der Waals surface area contributed by atoms with E-state index in [2.05, 4.69) is 16.8 Å². The van der Waals surface area contributed by atoms with Crippen molar-refractivity contribution in [2.45, 2.75) is 12.8 Å². The minimum atomic E-state index is -0.719. The summed E-state index contributed by atoms with van der Waals surface area (Å²) in [5.74, 6) is -0.0120. The van der Waals surface area contributed by atoms with Crippen LogP contribution in [0.3, 0.4) is 0 Å². The monoisotopic (exact) mass is 256 g/mol. The maximum absolute atomic E-state index is 11.3. The number of piperidine rings is 1.